The van der Waals surface area contributed by atoms with Crippen LogP contribution in [-0.2, 0) is 16.0 Å². The topological polar surface area (TPSA) is 111 Å². The second-order valence-corrected chi connectivity index (χ2v) is 10.6. The fourth-order valence-electron chi connectivity index (χ4n) is 4.87. The first-order chi connectivity index (χ1) is 20.9. The molecule has 9 nitrogen and oxygen atoms in total. The molecule has 4 aromatic rings. The van der Waals surface area contributed by atoms with E-state index >= 15 is 4.39 Å². The zero-order valence-electron chi connectivity index (χ0n) is 23.6. The Morgan fingerprint density at radius 2 is 1.84 bits per heavy atom. The lowest BCUT2D eigenvalue weighted by molar-refractivity contribution is -0.136. The largest absolute Gasteiger partial charge is 0.491 e. The van der Waals surface area contributed by atoms with Gasteiger partial charge in [0, 0.05) is 34.9 Å². The smallest absolute Gasteiger partial charge is 0.313 e. The molecule has 0 spiro atoms. The molecule has 3 aromatic carbocycles. The maximum atomic E-state index is 15.0. The van der Waals surface area contributed by atoms with Gasteiger partial charge in [-0.2, -0.15) is 0 Å². The summed E-state index contributed by atoms with van der Waals surface area (Å²) in [5, 5.41) is 9.50. The van der Waals surface area contributed by atoms with Crippen LogP contribution in [0.25, 0.3) is 10.9 Å². The highest BCUT2D eigenvalue weighted by atomic mass is 35.5. The Labute approximate surface area is 253 Å². The molecule has 0 atom stereocenters. The molecule has 0 bridgehead atoms. The van der Waals surface area contributed by atoms with E-state index in [1.807, 2.05) is 12.1 Å². The standard InChI is InChI=1S/C32H32ClFN4O5/c1-41-30-28(42-19-21-9-13-35-14-10-21)8-6-24-26(12-16-36-29(24)30)43-27-7-5-23(18-25(27)34)38-32(40)31(39)37-15-11-20-3-2-4-22(33)17-20/h2-8,12,16-18,21,35H,9-11,13-15,19H2,1H3,(H,37,39)(H,38,40). The van der Waals surface area contributed by atoms with Crippen molar-refractivity contribution >= 4 is 40.0 Å². The summed E-state index contributed by atoms with van der Waals surface area (Å²) in [7, 11) is 1.55. The minimum atomic E-state index is -0.912. The molecule has 43 heavy (non-hydrogen) atoms. The highest BCUT2D eigenvalue weighted by molar-refractivity contribution is 6.39. The van der Waals surface area contributed by atoms with Gasteiger partial charge in [-0.05, 0) is 86.3 Å². The van der Waals surface area contributed by atoms with Crippen LogP contribution in [0.4, 0.5) is 10.1 Å². The van der Waals surface area contributed by atoms with Gasteiger partial charge in [0.05, 0.1) is 13.7 Å². The first kappa shape index (κ1) is 30.1. The number of hydrogen-bond donors (Lipinski definition) is 3. The van der Waals surface area contributed by atoms with Crippen molar-refractivity contribution in [3.63, 3.8) is 0 Å². The summed E-state index contributed by atoms with van der Waals surface area (Å²) >= 11 is 5.97. The number of pyridine rings is 1. The molecule has 0 aliphatic carbocycles. The van der Waals surface area contributed by atoms with Crippen molar-refractivity contribution in [1.29, 1.82) is 0 Å². The third kappa shape index (κ3) is 7.71. The van der Waals surface area contributed by atoms with E-state index in [0.717, 1.165) is 37.6 Å². The van der Waals surface area contributed by atoms with Crippen molar-refractivity contribution in [3.8, 4) is 23.0 Å². The predicted molar refractivity (Wildman–Crippen MR) is 163 cm³/mol. The maximum Gasteiger partial charge on any atom is 0.313 e. The molecule has 1 aromatic heterocycles. The van der Waals surface area contributed by atoms with Crippen LogP contribution < -0.4 is 30.2 Å². The number of benzene rings is 3. The number of fused-ring (bicyclic) bond motifs is 1. The number of nitrogens with one attached hydrogen (secondary N) is 3. The molecule has 11 heteroatoms. The second-order valence-electron chi connectivity index (χ2n) is 10.1. The first-order valence-electron chi connectivity index (χ1n) is 14.0. The Hall–Kier alpha value is -4.41. The van der Waals surface area contributed by atoms with Crippen LogP contribution in [-0.4, -0.2) is 50.1 Å². The van der Waals surface area contributed by atoms with Gasteiger partial charge in [0.2, 0.25) is 0 Å². The van der Waals surface area contributed by atoms with Gasteiger partial charge in [-0.25, -0.2) is 4.39 Å². The summed E-state index contributed by atoms with van der Waals surface area (Å²) < 4.78 is 32.7. The molecule has 224 valence electrons. The number of nitrogens with zero attached hydrogens (tertiary/aromatic N) is 1. The lowest BCUT2D eigenvalue weighted by Crippen LogP contribution is -2.36. The van der Waals surface area contributed by atoms with Crippen molar-refractivity contribution < 1.29 is 28.2 Å². The maximum absolute atomic E-state index is 15.0. The van der Waals surface area contributed by atoms with E-state index in [-0.39, 0.29) is 18.0 Å². The SMILES string of the molecule is COc1c(OCC2CCNCC2)ccc2c(Oc3ccc(NC(=O)C(=O)NCCc4cccc(Cl)c4)cc3F)ccnc12. The Balaban J connectivity index is 1.22. The van der Waals surface area contributed by atoms with Crippen molar-refractivity contribution in [2.45, 2.75) is 19.3 Å². The van der Waals surface area contributed by atoms with Crippen LogP contribution in [0.3, 0.4) is 0 Å². The molecule has 1 aliphatic heterocycles. The molecule has 0 saturated carbocycles. The number of ether oxygens (including phenoxy) is 3. The summed E-state index contributed by atoms with van der Waals surface area (Å²) in [5.41, 5.74) is 1.55. The van der Waals surface area contributed by atoms with E-state index in [9.17, 15) is 9.59 Å². The van der Waals surface area contributed by atoms with Crippen LogP contribution >= 0.6 is 11.6 Å². The molecular weight excluding hydrogens is 575 g/mol. The van der Waals surface area contributed by atoms with E-state index in [4.69, 9.17) is 25.8 Å². The highest BCUT2D eigenvalue weighted by Gasteiger charge is 2.19. The van der Waals surface area contributed by atoms with Gasteiger partial charge in [0.1, 0.15) is 11.3 Å². The highest BCUT2D eigenvalue weighted by Crippen LogP contribution is 2.40. The normalized spacial score (nSPS) is 13.4. The summed E-state index contributed by atoms with van der Waals surface area (Å²) in [4.78, 5) is 29.0. The number of hydrogen-bond acceptors (Lipinski definition) is 7. The lowest BCUT2D eigenvalue weighted by atomic mass is 9.99. The Morgan fingerprint density at radius 1 is 1.02 bits per heavy atom. The Bertz CT molecular complexity index is 1610. The molecule has 1 aliphatic rings. The molecule has 2 amide bonds. The second kappa shape index (κ2) is 14.2. The quantitative estimate of drug-likeness (QED) is 0.204. The molecule has 0 unspecified atom stereocenters. The molecular formula is C32H32ClFN4O5. The number of carbonyl (C=O) groups excluding carboxylic acids is 2. The van der Waals surface area contributed by atoms with Gasteiger partial charge >= 0.3 is 11.8 Å². The zero-order chi connectivity index (χ0) is 30.2. The van der Waals surface area contributed by atoms with E-state index in [0.29, 0.717) is 52.1 Å². The third-order valence-corrected chi connectivity index (χ3v) is 7.37. The molecule has 3 N–H and O–H groups in total. The van der Waals surface area contributed by atoms with Gasteiger partial charge in [-0.3, -0.25) is 14.6 Å². The van der Waals surface area contributed by atoms with Crippen molar-refractivity contribution in [3.05, 3.63) is 83.3 Å². The van der Waals surface area contributed by atoms with Crippen molar-refractivity contribution in [2.24, 2.45) is 5.92 Å². The molecule has 2 heterocycles. The fourth-order valence-corrected chi connectivity index (χ4v) is 5.08. The summed E-state index contributed by atoms with van der Waals surface area (Å²) in [6.45, 7) is 2.79. The number of anilines is 1. The zero-order valence-corrected chi connectivity index (χ0v) is 24.4. The minimum Gasteiger partial charge on any atom is -0.491 e. The summed E-state index contributed by atoms with van der Waals surface area (Å²) in [6, 6.07) is 16.4. The van der Waals surface area contributed by atoms with Crippen molar-refractivity contribution in [2.75, 3.05) is 38.7 Å². The van der Waals surface area contributed by atoms with Crippen LogP contribution in [0.2, 0.25) is 5.02 Å². The predicted octanol–water partition coefficient (Wildman–Crippen LogP) is 5.50. The van der Waals surface area contributed by atoms with Gasteiger partial charge in [-0.1, -0.05) is 23.7 Å². The third-order valence-electron chi connectivity index (χ3n) is 7.13. The van der Waals surface area contributed by atoms with Crippen LogP contribution in [0, 0.1) is 11.7 Å². The average molecular weight is 607 g/mol. The number of piperidine rings is 1. The van der Waals surface area contributed by atoms with E-state index < -0.39 is 17.6 Å². The van der Waals surface area contributed by atoms with Crippen LogP contribution in [0.5, 0.6) is 23.0 Å². The average Bonchev–Trinajstić information content (AvgIpc) is 3.01. The minimum absolute atomic E-state index is 0.0679. The number of halogens is 2. The van der Waals surface area contributed by atoms with E-state index in [2.05, 4.69) is 20.9 Å². The van der Waals surface area contributed by atoms with Gasteiger partial charge in [0.15, 0.2) is 23.1 Å². The van der Waals surface area contributed by atoms with Crippen molar-refractivity contribution in [1.82, 2.24) is 15.6 Å². The summed E-state index contributed by atoms with van der Waals surface area (Å²) in [5.74, 6) is -0.653. The van der Waals surface area contributed by atoms with Gasteiger partial charge in [-0.15, -0.1) is 0 Å². The van der Waals surface area contributed by atoms with Crippen LogP contribution in [0.15, 0.2) is 66.9 Å². The molecule has 0 radical (unpaired) electrons. The lowest BCUT2D eigenvalue weighted by Gasteiger charge is -2.23. The fraction of sp³-hybridized carbons (Fsp3) is 0.281. The first-order valence-corrected chi connectivity index (χ1v) is 14.4. The molecule has 5 rings (SSSR count). The monoisotopic (exact) mass is 606 g/mol. The van der Waals surface area contributed by atoms with Crippen LogP contribution in [0.1, 0.15) is 18.4 Å². The number of carbonyl (C=O) groups is 2. The molecule has 1 saturated heterocycles. The van der Waals surface area contributed by atoms with E-state index in [1.165, 1.54) is 12.1 Å². The summed E-state index contributed by atoms with van der Waals surface area (Å²) in [6.07, 6.45) is 4.16. The Kier molecular flexibility index (Phi) is 9.91. The van der Waals surface area contributed by atoms with Gasteiger partial charge < -0.3 is 30.2 Å². The Morgan fingerprint density at radius 3 is 2.60 bits per heavy atom. The number of rotatable bonds is 10. The number of aromatic nitrogens is 1. The van der Waals surface area contributed by atoms with E-state index in [1.54, 1.807) is 43.6 Å². The number of methoxy groups -OCH3 is 1. The van der Waals surface area contributed by atoms with Gasteiger partial charge in [0.25, 0.3) is 0 Å². The number of amides is 2. The molecule has 1 fully saturated rings.